The van der Waals surface area contributed by atoms with Crippen LogP contribution in [0.25, 0.3) is 22.5 Å². The summed E-state index contributed by atoms with van der Waals surface area (Å²) >= 11 is 1.75. The number of hydrogen-bond donors (Lipinski definition) is 2. The van der Waals surface area contributed by atoms with Crippen LogP contribution in [0.1, 0.15) is 20.8 Å². The molecular weight excluding hydrogens is 320 g/mol. The van der Waals surface area contributed by atoms with Crippen LogP contribution in [0.2, 0.25) is 0 Å². The van der Waals surface area contributed by atoms with E-state index < -0.39 is 0 Å². The molecule has 0 radical (unpaired) electrons. The van der Waals surface area contributed by atoms with Gasteiger partial charge < -0.3 is 5.32 Å². The van der Waals surface area contributed by atoms with Gasteiger partial charge in [-0.3, -0.25) is 0 Å². The summed E-state index contributed by atoms with van der Waals surface area (Å²) in [5.74, 6) is 0.643. The number of aromatic nitrogens is 5. The minimum atomic E-state index is 0.101. The van der Waals surface area contributed by atoms with E-state index in [0.717, 1.165) is 27.4 Å². The molecule has 0 aliphatic rings. The number of rotatable bonds is 4. The number of nitrogens with zero attached hydrogens (tertiary/aromatic N) is 4. The van der Waals surface area contributed by atoms with E-state index in [1.807, 2.05) is 37.5 Å². The zero-order chi connectivity index (χ0) is 17.2. The Hall–Kier alpha value is -2.41. The standard InChI is InChI=1S/C17H20N6S/c1-17(2,3)24-16-14(18-4)9-11(10-19-16)12-7-5-6-8-13(12)15-20-22-23-21-15/h5-10,18H,1-4H3,(H,20,21,22,23). The van der Waals surface area contributed by atoms with Gasteiger partial charge in [0.25, 0.3) is 0 Å². The molecule has 24 heavy (non-hydrogen) atoms. The van der Waals surface area contributed by atoms with Gasteiger partial charge in [0.05, 0.1) is 5.69 Å². The van der Waals surface area contributed by atoms with Gasteiger partial charge in [-0.05, 0) is 22.1 Å². The maximum absolute atomic E-state index is 4.67. The number of hydrogen-bond acceptors (Lipinski definition) is 6. The van der Waals surface area contributed by atoms with Crippen LogP contribution in [-0.2, 0) is 0 Å². The molecule has 2 N–H and O–H groups in total. The molecule has 3 aromatic rings. The van der Waals surface area contributed by atoms with E-state index in [2.05, 4.69) is 57.8 Å². The van der Waals surface area contributed by atoms with Crippen molar-refractivity contribution in [2.24, 2.45) is 0 Å². The molecule has 0 spiro atoms. The number of aromatic amines is 1. The van der Waals surface area contributed by atoms with E-state index in [1.165, 1.54) is 0 Å². The van der Waals surface area contributed by atoms with Crippen LogP contribution in [0.5, 0.6) is 0 Å². The Labute approximate surface area is 145 Å². The third kappa shape index (κ3) is 3.56. The lowest BCUT2D eigenvalue weighted by Crippen LogP contribution is -2.08. The van der Waals surface area contributed by atoms with E-state index in [9.17, 15) is 0 Å². The Kier molecular flexibility index (Phi) is 4.53. The quantitative estimate of drug-likeness (QED) is 0.702. The van der Waals surface area contributed by atoms with Crippen LogP contribution >= 0.6 is 11.8 Å². The largest absolute Gasteiger partial charge is 0.386 e. The summed E-state index contributed by atoms with van der Waals surface area (Å²) in [7, 11) is 1.92. The van der Waals surface area contributed by atoms with E-state index in [1.54, 1.807) is 11.8 Å². The average molecular weight is 340 g/mol. The molecule has 0 saturated heterocycles. The second-order valence-corrected chi connectivity index (χ2v) is 8.15. The van der Waals surface area contributed by atoms with Gasteiger partial charge >= 0.3 is 0 Å². The van der Waals surface area contributed by atoms with Crippen molar-refractivity contribution in [3.05, 3.63) is 36.5 Å². The van der Waals surface area contributed by atoms with E-state index in [0.29, 0.717) is 5.82 Å². The number of anilines is 1. The SMILES string of the molecule is CNc1cc(-c2ccccc2-c2nnn[nH]2)cnc1SC(C)(C)C. The van der Waals surface area contributed by atoms with Crippen molar-refractivity contribution >= 4 is 17.4 Å². The minimum absolute atomic E-state index is 0.101. The highest BCUT2D eigenvalue weighted by molar-refractivity contribution is 8.00. The zero-order valence-corrected chi connectivity index (χ0v) is 15.0. The second kappa shape index (κ2) is 6.60. The molecule has 0 bridgehead atoms. The third-order valence-electron chi connectivity index (χ3n) is 3.36. The van der Waals surface area contributed by atoms with Crippen LogP contribution in [-0.4, -0.2) is 37.4 Å². The average Bonchev–Trinajstić information content (AvgIpc) is 3.08. The molecule has 124 valence electrons. The fraction of sp³-hybridized carbons (Fsp3) is 0.294. The number of pyridine rings is 1. The number of nitrogens with one attached hydrogen (secondary N) is 2. The molecule has 1 aromatic carbocycles. The highest BCUT2D eigenvalue weighted by atomic mass is 32.2. The van der Waals surface area contributed by atoms with Crippen LogP contribution in [0.3, 0.4) is 0 Å². The minimum Gasteiger partial charge on any atom is -0.386 e. The first-order chi connectivity index (χ1) is 11.5. The highest BCUT2D eigenvalue weighted by Crippen LogP contribution is 2.38. The Morgan fingerprint density at radius 1 is 1.12 bits per heavy atom. The van der Waals surface area contributed by atoms with Crippen molar-refractivity contribution in [3.8, 4) is 22.5 Å². The van der Waals surface area contributed by atoms with Gasteiger partial charge in [-0.1, -0.05) is 56.8 Å². The Balaban J connectivity index is 2.05. The van der Waals surface area contributed by atoms with Crippen molar-refractivity contribution in [2.75, 3.05) is 12.4 Å². The molecule has 7 heteroatoms. The molecule has 6 nitrogen and oxygen atoms in total. The van der Waals surface area contributed by atoms with Crippen LogP contribution in [0, 0.1) is 0 Å². The molecule has 0 aliphatic heterocycles. The summed E-state index contributed by atoms with van der Waals surface area (Å²) in [5, 5.41) is 18.4. The summed E-state index contributed by atoms with van der Waals surface area (Å²) in [6.45, 7) is 6.54. The molecule has 0 saturated carbocycles. The van der Waals surface area contributed by atoms with Crippen molar-refractivity contribution in [1.29, 1.82) is 0 Å². The topological polar surface area (TPSA) is 79.4 Å². The summed E-state index contributed by atoms with van der Waals surface area (Å²) in [6, 6.07) is 10.1. The second-order valence-electron chi connectivity index (χ2n) is 6.34. The van der Waals surface area contributed by atoms with E-state index in [-0.39, 0.29) is 4.75 Å². The number of H-pyrrole nitrogens is 1. The molecule has 0 fully saturated rings. The fourth-order valence-electron chi connectivity index (χ4n) is 2.36. The van der Waals surface area contributed by atoms with Crippen LogP contribution < -0.4 is 5.32 Å². The first-order valence-electron chi connectivity index (χ1n) is 7.68. The number of tetrazole rings is 1. The summed E-state index contributed by atoms with van der Waals surface area (Å²) in [6.07, 6.45) is 1.90. The van der Waals surface area contributed by atoms with Gasteiger partial charge in [0.1, 0.15) is 5.03 Å². The first kappa shape index (κ1) is 16.4. The molecule has 3 rings (SSSR count). The van der Waals surface area contributed by atoms with Gasteiger partial charge in [0.15, 0.2) is 5.82 Å². The Morgan fingerprint density at radius 3 is 2.50 bits per heavy atom. The van der Waals surface area contributed by atoms with Gasteiger partial charge in [-0.2, -0.15) is 0 Å². The summed E-state index contributed by atoms with van der Waals surface area (Å²) in [5.41, 5.74) is 4.01. The van der Waals surface area contributed by atoms with Crippen molar-refractivity contribution in [1.82, 2.24) is 25.6 Å². The van der Waals surface area contributed by atoms with Crippen molar-refractivity contribution in [2.45, 2.75) is 30.5 Å². The first-order valence-corrected chi connectivity index (χ1v) is 8.50. The number of benzene rings is 1. The smallest absolute Gasteiger partial charge is 0.180 e. The fourth-order valence-corrected chi connectivity index (χ4v) is 3.32. The summed E-state index contributed by atoms with van der Waals surface area (Å²) < 4.78 is 0.101. The Morgan fingerprint density at radius 2 is 1.88 bits per heavy atom. The highest BCUT2D eigenvalue weighted by Gasteiger charge is 2.17. The van der Waals surface area contributed by atoms with Crippen molar-refractivity contribution < 1.29 is 0 Å². The van der Waals surface area contributed by atoms with Gasteiger partial charge in [-0.25, -0.2) is 10.1 Å². The van der Waals surface area contributed by atoms with Gasteiger partial charge in [0, 0.05) is 29.1 Å². The lowest BCUT2D eigenvalue weighted by atomic mass is 10.0. The monoisotopic (exact) mass is 340 g/mol. The molecule has 0 unspecified atom stereocenters. The third-order valence-corrected chi connectivity index (χ3v) is 4.49. The maximum Gasteiger partial charge on any atom is 0.180 e. The molecule has 0 aliphatic carbocycles. The predicted octanol–water partition coefficient (Wildman–Crippen LogP) is 3.86. The zero-order valence-electron chi connectivity index (χ0n) is 14.2. The maximum atomic E-state index is 4.67. The molecule has 0 atom stereocenters. The molecular formula is C17H20N6S. The normalized spacial score (nSPS) is 11.5. The van der Waals surface area contributed by atoms with Crippen LogP contribution in [0.4, 0.5) is 5.69 Å². The predicted molar refractivity (Wildman–Crippen MR) is 98.0 cm³/mol. The lowest BCUT2D eigenvalue weighted by Gasteiger charge is -2.19. The van der Waals surface area contributed by atoms with E-state index >= 15 is 0 Å². The molecule has 0 amide bonds. The molecule has 2 heterocycles. The van der Waals surface area contributed by atoms with Gasteiger partial charge in [-0.15, -0.1) is 5.10 Å². The Bertz CT molecular complexity index is 823. The van der Waals surface area contributed by atoms with E-state index in [4.69, 9.17) is 0 Å². The van der Waals surface area contributed by atoms with Crippen LogP contribution in [0.15, 0.2) is 41.6 Å². The molecule has 2 aromatic heterocycles. The summed E-state index contributed by atoms with van der Waals surface area (Å²) in [4.78, 5) is 4.67. The lowest BCUT2D eigenvalue weighted by molar-refractivity contribution is 0.799. The number of thioether (sulfide) groups is 1. The van der Waals surface area contributed by atoms with Gasteiger partial charge in [0.2, 0.25) is 0 Å². The van der Waals surface area contributed by atoms with Crippen molar-refractivity contribution in [3.63, 3.8) is 0 Å².